The van der Waals surface area contributed by atoms with E-state index in [2.05, 4.69) is 16.5 Å². The Bertz CT molecular complexity index is 866. The number of rotatable bonds is 5. The maximum Gasteiger partial charge on any atom is 0.262 e. The Hall–Kier alpha value is -2.08. The van der Waals surface area contributed by atoms with E-state index in [9.17, 15) is 12.8 Å². The van der Waals surface area contributed by atoms with E-state index in [1.165, 1.54) is 31.4 Å². The number of sulfonamides is 1. The van der Waals surface area contributed by atoms with Gasteiger partial charge in [-0.25, -0.2) is 12.8 Å². The zero-order valence-corrected chi connectivity index (χ0v) is 16.0. The summed E-state index contributed by atoms with van der Waals surface area (Å²) < 4.78 is 41.0. The molecule has 2 aromatic rings. The number of nitrogens with one attached hydrogen (secondary N) is 1. The number of anilines is 2. The van der Waals surface area contributed by atoms with Crippen LogP contribution in [0.1, 0.15) is 38.2 Å². The van der Waals surface area contributed by atoms with E-state index in [1.54, 1.807) is 19.1 Å². The summed E-state index contributed by atoms with van der Waals surface area (Å²) in [4.78, 5) is 2.50. The van der Waals surface area contributed by atoms with Gasteiger partial charge in [0, 0.05) is 24.0 Å². The number of hydrogen-bond acceptors (Lipinski definition) is 3. The molecule has 3 rings (SSSR count). The standard InChI is InChI=1S/C20H25FN2O2S/c1-3-18-6-4-5-13-23(18)19-10-8-17(9-11-19)22-26(24,25)20-12-7-16(21)14-15(20)2/h7-12,14,18,22H,3-6,13H2,1-2H3. The molecule has 1 saturated heterocycles. The van der Waals surface area contributed by atoms with Gasteiger partial charge in [-0.1, -0.05) is 6.92 Å². The maximum atomic E-state index is 13.2. The summed E-state index contributed by atoms with van der Waals surface area (Å²) in [6.07, 6.45) is 4.77. The van der Waals surface area contributed by atoms with E-state index in [0.29, 0.717) is 17.3 Å². The van der Waals surface area contributed by atoms with Crippen LogP contribution in [0.4, 0.5) is 15.8 Å². The van der Waals surface area contributed by atoms with Crippen LogP contribution < -0.4 is 9.62 Å². The van der Waals surface area contributed by atoms with Crippen molar-refractivity contribution in [3.05, 3.63) is 53.8 Å². The summed E-state index contributed by atoms with van der Waals surface area (Å²) in [6, 6.07) is 11.7. The van der Waals surface area contributed by atoms with E-state index in [0.717, 1.165) is 24.7 Å². The second kappa shape index (κ2) is 7.66. The van der Waals surface area contributed by atoms with Crippen LogP contribution in [0.5, 0.6) is 0 Å². The first-order valence-electron chi connectivity index (χ1n) is 9.06. The quantitative estimate of drug-likeness (QED) is 0.823. The predicted octanol–water partition coefficient (Wildman–Crippen LogP) is 4.70. The number of piperidine rings is 1. The molecule has 6 heteroatoms. The van der Waals surface area contributed by atoms with E-state index in [-0.39, 0.29) is 4.90 Å². The van der Waals surface area contributed by atoms with Crippen LogP contribution in [-0.2, 0) is 10.0 Å². The zero-order valence-electron chi connectivity index (χ0n) is 15.2. The lowest BCUT2D eigenvalue weighted by Gasteiger charge is -2.37. The van der Waals surface area contributed by atoms with Crippen molar-refractivity contribution in [3.8, 4) is 0 Å². The number of halogens is 1. The molecular weight excluding hydrogens is 351 g/mol. The van der Waals surface area contributed by atoms with Crippen molar-refractivity contribution in [2.24, 2.45) is 0 Å². The van der Waals surface area contributed by atoms with Crippen LogP contribution >= 0.6 is 0 Å². The molecule has 1 atom stereocenters. The predicted molar refractivity (Wildman–Crippen MR) is 104 cm³/mol. The number of aryl methyl sites for hydroxylation is 1. The van der Waals surface area contributed by atoms with E-state index in [1.807, 2.05) is 12.1 Å². The highest BCUT2D eigenvalue weighted by Gasteiger charge is 2.21. The zero-order chi connectivity index (χ0) is 18.7. The van der Waals surface area contributed by atoms with Crippen molar-refractivity contribution >= 4 is 21.4 Å². The fraction of sp³-hybridized carbons (Fsp3) is 0.400. The minimum Gasteiger partial charge on any atom is -0.369 e. The van der Waals surface area contributed by atoms with Crippen molar-refractivity contribution in [2.45, 2.75) is 50.5 Å². The molecule has 1 heterocycles. The molecule has 1 aliphatic rings. The Labute approximate surface area is 155 Å². The molecule has 0 aliphatic carbocycles. The highest BCUT2D eigenvalue weighted by atomic mass is 32.2. The minimum atomic E-state index is -3.74. The fourth-order valence-corrected chi connectivity index (χ4v) is 4.90. The lowest BCUT2D eigenvalue weighted by Crippen LogP contribution is -2.39. The van der Waals surface area contributed by atoms with Crippen LogP contribution in [0.15, 0.2) is 47.4 Å². The van der Waals surface area contributed by atoms with E-state index >= 15 is 0 Å². The summed E-state index contributed by atoms with van der Waals surface area (Å²) in [7, 11) is -3.74. The van der Waals surface area contributed by atoms with Gasteiger partial charge in [0.1, 0.15) is 5.82 Å². The van der Waals surface area contributed by atoms with Gasteiger partial charge in [0.15, 0.2) is 0 Å². The first-order chi connectivity index (χ1) is 12.4. The monoisotopic (exact) mass is 376 g/mol. The van der Waals surface area contributed by atoms with Gasteiger partial charge in [-0.15, -0.1) is 0 Å². The molecule has 0 aromatic heterocycles. The van der Waals surface area contributed by atoms with Crippen LogP contribution in [0.3, 0.4) is 0 Å². The van der Waals surface area contributed by atoms with Crippen LogP contribution in [0.25, 0.3) is 0 Å². The van der Waals surface area contributed by atoms with Crippen molar-refractivity contribution in [1.82, 2.24) is 0 Å². The fourth-order valence-electron chi connectivity index (χ4n) is 3.61. The van der Waals surface area contributed by atoms with Crippen LogP contribution in [0, 0.1) is 12.7 Å². The smallest absolute Gasteiger partial charge is 0.262 e. The van der Waals surface area contributed by atoms with E-state index in [4.69, 9.17) is 0 Å². The molecule has 0 bridgehead atoms. The second-order valence-corrected chi connectivity index (χ2v) is 8.46. The SMILES string of the molecule is CCC1CCCCN1c1ccc(NS(=O)(=O)c2ccc(F)cc2C)cc1. The van der Waals surface area contributed by atoms with Crippen molar-refractivity contribution < 1.29 is 12.8 Å². The lowest BCUT2D eigenvalue weighted by molar-refractivity contribution is 0.450. The van der Waals surface area contributed by atoms with Crippen molar-refractivity contribution in [2.75, 3.05) is 16.2 Å². The molecule has 4 nitrogen and oxygen atoms in total. The Morgan fingerprint density at radius 1 is 1.15 bits per heavy atom. The number of benzene rings is 2. The van der Waals surface area contributed by atoms with Crippen LogP contribution in [-0.4, -0.2) is 21.0 Å². The molecule has 0 saturated carbocycles. The van der Waals surface area contributed by atoms with Crippen molar-refractivity contribution in [1.29, 1.82) is 0 Å². The summed E-state index contributed by atoms with van der Waals surface area (Å²) in [5, 5.41) is 0. The molecule has 1 aliphatic heterocycles. The molecule has 0 radical (unpaired) electrons. The van der Waals surface area contributed by atoms with Gasteiger partial charge < -0.3 is 4.90 Å². The Morgan fingerprint density at radius 2 is 1.88 bits per heavy atom. The highest BCUT2D eigenvalue weighted by Crippen LogP contribution is 2.28. The Kier molecular flexibility index (Phi) is 5.51. The van der Waals surface area contributed by atoms with Gasteiger partial charge in [-0.05, 0) is 80.6 Å². The van der Waals surface area contributed by atoms with E-state index < -0.39 is 15.8 Å². The van der Waals surface area contributed by atoms with Gasteiger partial charge in [0.25, 0.3) is 10.0 Å². The molecule has 0 spiro atoms. The highest BCUT2D eigenvalue weighted by molar-refractivity contribution is 7.92. The summed E-state index contributed by atoms with van der Waals surface area (Å²) in [5.41, 5.74) is 2.01. The molecule has 1 unspecified atom stereocenters. The largest absolute Gasteiger partial charge is 0.369 e. The molecule has 0 amide bonds. The first-order valence-corrected chi connectivity index (χ1v) is 10.5. The third kappa shape index (κ3) is 4.01. The maximum absolute atomic E-state index is 13.2. The number of hydrogen-bond donors (Lipinski definition) is 1. The molecule has 1 fully saturated rings. The second-order valence-electron chi connectivity index (χ2n) is 6.81. The first kappa shape index (κ1) is 18.7. The van der Waals surface area contributed by atoms with Crippen LogP contribution in [0.2, 0.25) is 0 Å². The third-order valence-corrected chi connectivity index (χ3v) is 6.52. The van der Waals surface area contributed by atoms with Gasteiger partial charge in [-0.3, -0.25) is 4.72 Å². The summed E-state index contributed by atoms with van der Waals surface area (Å²) >= 11 is 0. The number of nitrogens with zero attached hydrogens (tertiary/aromatic N) is 1. The summed E-state index contributed by atoms with van der Waals surface area (Å²) in [5.74, 6) is -0.446. The Morgan fingerprint density at radius 3 is 2.54 bits per heavy atom. The average molecular weight is 376 g/mol. The average Bonchev–Trinajstić information content (AvgIpc) is 2.61. The normalized spacial score (nSPS) is 18.0. The molecule has 1 N–H and O–H groups in total. The summed E-state index contributed by atoms with van der Waals surface area (Å²) in [6.45, 7) is 4.83. The van der Waals surface area contributed by atoms with Gasteiger partial charge in [0.2, 0.25) is 0 Å². The van der Waals surface area contributed by atoms with Gasteiger partial charge >= 0.3 is 0 Å². The van der Waals surface area contributed by atoms with Gasteiger partial charge in [-0.2, -0.15) is 0 Å². The third-order valence-electron chi connectivity index (χ3n) is 4.98. The molecule has 2 aromatic carbocycles. The Balaban J connectivity index is 1.78. The van der Waals surface area contributed by atoms with Crippen molar-refractivity contribution in [3.63, 3.8) is 0 Å². The van der Waals surface area contributed by atoms with Gasteiger partial charge in [0.05, 0.1) is 4.90 Å². The topological polar surface area (TPSA) is 49.4 Å². The minimum absolute atomic E-state index is 0.0880. The molecule has 26 heavy (non-hydrogen) atoms. The molecular formula is C20H25FN2O2S. The molecule has 140 valence electrons. The lowest BCUT2D eigenvalue weighted by atomic mass is 9.99.